The van der Waals surface area contributed by atoms with Gasteiger partial charge in [-0.05, 0) is 12.1 Å². The van der Waals surface area contributed by atoms with E-state index in [9.17, 15) is 9.59 Å². The summed E-state index contributed by atoms with van der Waals surface area (Å²) in [5.74, 6) is -0.673. The summed E-state index contributed by atoms with van der Waals surface area (Å²) in [4.78, 5) is 24.1. The van der Waals surface area contributed by atoms with E-state index in [0.29, 0.717) is 0 Å². The normalized spacial score (nSPS) is 9.50. The lowest BCUT2D eigenvalue weighted by Crippen LogP contribution is -2.18. The van der Waals surface area contributed by atoms with Crippen LogP contribution in [0.3, 0.4) is 0 Å². The first-order chi connectivity index (χ1) is 5.65. The number of rotatable bonds is 1. The van der Waals surface area contributed by atoms with E-state index in [-0.39, 0.29) is 10.7 Å². The van der Waals surface area contributed by atoms with Gasteiger partial charge in [0.15, 0.2) is 0 Å². The number of pyridine rings is 1. The minimum absolute atomic E-state index is 0.0538. The third kappa shape index (κ3) is 1.65. The van der Waals surface area contributed by atoms with Gasteiger partial charge in [0.05, 0.1) is 7.11 Å². The Morgan fingerprint density at radius 3 is 2.75 bits per heavy atom. The van der Waals surface area contributed by atoms with E-state index >= 15 is 0 Å². The minimum Gasteiger partial charge on any atom is -0.465 e. The average Bonchev–Trinajstić information content (AvgIpc) is 2.03. The van der Waals surface area contributed by atoms with E-state index in [0.717, 1.165) is 0 Å². The Hall–Kier alpha value is -1.29. The number of carbonyl (C=O) groups excluding carboxylic acids is 1. The van der Waals surface area contributed by atoms with E-state index in [2.05, 4.69) is 9.72 Å². The molecule has 12 heavy (non-hydrogen) atoms. The van der Waals surface area contributed by atoms with Crippen molar-refractivity contribution in [3.05, 3.63) is 33.2 Å². The highest BCUT2D eigenvalue weighted by molar-refractivity contribution is 6.29. The highest BCUT2D eigenvalue weighted by atomic mass is 35.5. The van der Waals surface area contributed by atoms with E-state index < -0.39 is 11.5 Å². The fourth-order valence-electron chi connectivity index (χ4n) is 0.720. The number of esters is 1. The molecule has 0 aliphatic rings. The van der Waals surface area contributed by atoms with Crippen molar-refractivity contribution < 1.29 is 9.53 Å². The van der Waals surface area contributed by atoms with Gasteiger partial charge in [0.1, 0.15) is 10.7 Å². The van der Waals surface area contributed by atoms with Crippen molar-refractivity contribution in [2.45, 2.75) is 0 Å². The third-order valence-corrected chi connectivity index (χ3v) is 1.50. The van der Waals surface area contributed by atoms with Crippen LogP contribution in [0.4, 0.5) is 0 Å². The van der Waals surface area contributed by atoms with Gasteiger partial charge >= 0.3 is 5.97 Å². The molecular weight excluding hydrogens is 182 g/mol. The molecule has 1 rings (SSSR count). The third-order valence-electron chi connectivity index (χ3n) is 1.28. The second-order valence-corrected chi connectivity index (χ2v) is 2.45. The molecule has 0 aliphatic heterocycles. The number of hydrogen-bond donors (Lipinski definition) is 1. The standard InChI is InChI=1S/C7H6ClNO3/c1-12-7(11)4-2-3-5(8)9-6(4)10/h2-3H,1H3,(H,9,10). The smallest absolute Gasteiger partial charge is 0.343 e. The summed E-state index contributed by atoms with van der Waals surface area (Å²) < 4.78 is 4.35. The summed E-state index contributed by atoms with van der Waals surface area (Å²) in [6.45, 7) is 0. The van der Waals surface area contributed by atoms with Crippen LogP contribution >= 0.6 is 11.6 Å². The second kappa shape index (κ2) is 3.40. The number of hydrogen-bond acceptors (Lipinski definition) is 3. The largest absolute Gasteiger partial charge is 0.465 e. The number of ether oxygens (including phenoxy) is 1. The maximum Gasteiger partial charge on any atom is 0.343 e. The Morgan fingerprint density at radius 2 is 2.25 bits per heavy atom. The van der Waals surface area contributed by atoms with Crippen molar-refractivity contribution in [3.63, 3.8) is 0 Å². The molecule has 0 saturated heterocycles. The van der Waals surface area contributed by atoms with Crippen molar-refractivity contribution in [2.75, 3.05) is 7.11 Å². The molecule has 1 aromatic heterocycles. The molecule has 0 spiro atoms. The molecule has 0 saturated carbocycles. The predicted octanol–water partition coefficient (Wildman–Crippen LogP) is 0.815. The van der Waals surface area contributed by atoms with Crippen LogP contribution in [-0.4, -0.2) is 18.1 Å². The van der Waals surface area contributed by atoms with Gasteiger partial charge in [0, 0.05) is 0 Å². The molecule has 1 aromatic rings. The highest BCUT2D eigenvalue weighted by Gasteiger charge is 2.09. The first kappa shape index (κ1) is 8.80. The summed E-state index contributed by atoms with van der Waals surface area (Å²) in [6.07, 6.45) is 0. The number of aromatic amines is 1. The SMILES string of the molecule is COC(=O)c1ccc(Cl)[nH]c1=O. The zero-order valence-electron chi connectivity index (χ0n) is 6.26. The van der Waals surface area contributed by atoms with Crippen molar-refractivity contribution in [2.24, 2.45) is 0 Å². The Morgan fingerprint density at radius 1 is 1.58 bits per heavy atom. The van der Waals surface area contributed by atoms with Gasteiger partial charge in [-0.1, -0.05) is 11.6 Å². The Bertz CT molecular complexity index is 358. The lowest BCUT2D eigenvalue weighted by atomic mass is 10.3. The zero-order valence-corrected chi connectivity index (χ0v) is 7.01. The van der Waals surface area contributed by atoms with Crippen molar-refractivity contribution >= 4 is 17.6 Å². The topological polar surface area (TPSA) is 59.2 Å². The summed E-state index contributed by atoms with van der Waals surface area (Å²) >= 11 is 5.46. The molecule has 1 heterocycles. The van der Waals surface area contributed by atoms with Crippen LogP contribution in [0.5, 0.6) is 0 Å². The molecule has 0 amide bonds. The molecule has 0 atom stereocenters. The summed E-state index contributed by atoms with van der Waals surface area (Å²) in [7, 11) is 1.20. The second-order valence-electron chi connectivity index (χ2n) is 2.04. The predicted molar refractivity (Wildman–Crippen MR) is 43.4 cm³/mol. The first-order valence-electron chi connectivity index (χ1n) is 3.12. The maximum atomic E-state index is 11.0. The van der Waals surface area contributed by atoms with Crippen LogP contribution < -0.4 is 5.56 Å². The molecule has 5 heteroatoms. The van der Waals surface area contributed by atoms with Crippen molar-refractivity contribution in [1.29, 1.82) is 0 Å². The fourth-order valence-corrected chi connectivity index (χ4v) is 0.869. The fraction of sp³-hybridized carbons (Fsp3) is 0.143. The highest BCUT2D eigenvalue weighted by Crippen LogP contribution is 2.01. The van der Waals surface area contributed by atoms with Crippen LogP contribution in [0.25, 0.3) is 0 Å². The quantitative estimate of drug-likeness (QED) is 0.523. The molecule has 64 valence electrons. The van der Waals surface area contributed by atoms with Gasteiger partial charge in [-0.25, -0.2) is 4.79 Å². The monoisotopic (exact) mass is 187 g/mol. The molecule has 1 N–H and O–H groups in total. The van der Waals surface area contributed by atoms with Gasteiger partial charge in [0.25, 0.3) is 5.56 Å². The molecule has 4 nitrogen and oxygen atoms in total. The number of carbonyl (C=O) groups is 1. The summed E-state index contributed by atoms with van der Waals surface area (Å²) in [5.41, 5.74) is -0.601. The number of methoxy groups -OCH3 is 1. The molecule has 0 aromatic carbocycles. The van der Waals surface area contributed by atoms with Gasteiger partial charge < -0.3 is 9.72 Å². The minimum atomic E-state index is -0.673. The summed E-state index contributed by atoms with van der Waals surface area (Å²) in [6, 6.07) is 2.72. The van der Waals surface area contributed by atoms with Crippen LogP contribution in [0.1, 0.15) is 10.4 Å². The van der Waals surface area contributed by atoms with E-state index in [1.807, 2.05) is 0 Å². The number of H-pyrrole nitrogens is 1. The maximum absolute atomic E-state index is 11.0. The van der Waals surface area contributed by atoms with E-state index in [1.54, 1.807) is 0 Å². The number of nitrogens with one attached hydrogen (secondary N) is 1. The van der Waals surface area contributed by atoms with Crippen LogP contribution in [0.2, 0.25) is 5.15 Å². The van der Waals surface area contributed by atoms with Crippen LogP contribution in [0.15, 0.2) is 16.9 Å². The van der Waals surface area contributed by atoms with E-state index in [4.69, 9.17) is 11.6 Å². The molecule has 0 unspecified atom stereocenters. The lowest BCUT2D eigenvalue weighted by Gasteiger charge is -1.96. The Kier molecular flexibility index (Phi) is 2.50. The summed E-state index contributed by atoms with van der Waals surface area (Å²) in [5, 5.41) is 0.188. The molecule has 0 bridgehead atoms. The zero-order chi connectivity index (χ0) is 9.14. The molecule has 0 radical (unpaired) electrons. The Labute approximate surface area is 73.1 Å². The number of halogens is 1. The molecule has 0 aliphatic carbocycles. The van der Waals surface area contributed by atoms with Crippen LogP contribution in [-0.2, 0) is 4.74 Å². The van der Waals surface area contributed by atoms with Crippen molar-refractivity contribution in [1.82, 2.24) is 4.98 Å². The lowest BCUT2D eigenvalue weighted by molar-refractivity contribution is 0.0598. The average molecular weight is 188 g/mol. The van der Waals surface area contributed by atoms with Gasteiger partial charge in [-0.15, -0.1) is 0 Å². The molecular formula is C7H6ClNO3. The van der Waals surface area contributed by atoms with Gasteiger partial charge in [-0.2, -0.15) is 0 Å². The molecule has 0 fully saturated rings. The van der Waals surface area contributed by atoms with Gasteiger partial charge in [-0.3, -0.25) is 4.79 Å². The van der Waals surface area contributed by atoms with E-state index in [1.165, 1.54) is 19.2 Å². The van der Waals surface area contributed by atoms with Crippen molar-refractivity contribution in [3.8, 4) is 0 Å². The van der Waals surface area contributed by atoms with Gasteiger partial charge in [0.2, 0.25) is 0 Å². The number of aromatic nitrogens is 1. The Balaban J connectivity index is 3.19. The van der Waals surface area contributed by atoms with Crippen LogP contribution in [0, 0.1) is 0 Å². The first-order valence-corrected chi connectivity index (χ1v) is 3.50.